The van der Waals surface area contributed by atoms with E-state index in [-0.39, 0.29) is 12.0 Å². The Bertz CT molecular complexity index is 1500. The van der Waals surface area contributed by atoms with Crippen molar-refractivity contribution in [3.05, 3.63) is 106 Å². The second kappa shape index (κ2) is 12.5. The molecule has 3 N–H and O–H groups in total. The Hall–Kier alpha value is -4.63. The molecule has 0 aliphatic heterocycles. The van der Waals surface area contributed by atoms with Gasteiger partial charge in [0.15, 0.2) is 0 Å². The van der Waals surface area contributed by atoms with Crippen molar-refractivity contribution in [1.82, 2.24) is 15.1 Å². The van der Waals surface area contributed by atoms with E-state index in [0.717, 1.165) is 11.1 Å². The third-order valence-corrected chi connectivity index (χ3v) is 6.74. The van der Waals surface area contributed by atoms with Crippen LogP contribution in [0.25, 0.3) is 11.3 Å². The van der Waals surface area contributed by atoms with E-state index in [1.165, 1.54) is 0 Å². The summed E-state index contributed by atoms with van der Waals surface area (Å²) in [5, 5.41) is 20.1. The number of aromatic nitrogens is 2. The fraction of sp³-hybridized carbons (Fsp3) is 0.200. The number of benzene rings is 3. The van der Waals surface area contributed by atoms with Crippen LogP contribution in [0, 0.1) is 6.92 Å². The van der Waals surface area contributed by atoms with Crippen LogP contribution in [0.5, 0.6) is 0 Å². The van der Waals surface area contributed by atoms with Crippen molar-refractivity contribution in [2.75, 3.05) is 5.32 Å². The molecule has 4 aromatic rings. The Balaban J connectivity index is 1.46. The molecule has 0 aliphatic carbocycles. The summed E-state index contributed by atoms with van der Waals surface area (Å²) >= 11 is 5.90. The zero-order valence-electron chi connectivity index (χ0n) is 22.2. The number of hydrogen-bond donors (Lipinski definition) is 3. The molecule has 3 aromatic carbocycles. The van der Waals surface area contributed by atoms with Crippen molar-refractivity contribution in [3.63, 3.8) is 0 Å². The van der Waals surface area contributed by atoms with Gasteiger partial charge in [0.1, 0.15) is 17.8 Å². The number of carbonyl (C=O) groups excluding carboxylic acids is 2. The van der Waals surface area contributed by atoms with Crippen molar-refractivity contribution >= 4 is 35.3 Å². The van der Waals surface area contributed by atoms with Crippen LogP contribution < -0.4 is 10.6 Å². The number of halogens is 1. The lowest BCUT2D eigenvalue weighted by Gasteiger charge is -2.15. The Morgan fingerprint density at radius 1 is 1.00 bits per heavy atom. The van der Waals surface area contributed by atoms with Gasteiger partial charge in [-0.25, -0.2) is 9.59 Å². The van der Waals surface area contributed by atoms with Crippen LogP contribution >= 0.6 is 11.6 Å². The fourth-order valence-corrected chi connectivity index (χ4v) is 4.25. The van der Waals surface area contributed by atoms with Gasteiger partial charge in [0.05, 0.1) is 11.4 Å². The first-order valence-electron chi connectivity index (χ1n) is 12.6. The summed E-state index contributed by atoms with van der Waals surface area (Å²) in [5.74, 6) is -1.67. The van der Waals surface area contributed by atoms with E-state index in [0.29, 0.717) is 27.7 Å². The summed E-state index contributed by atoms with van der Waals surface area (Å²) in [5.41, 5.74) is 4.24. The number of anilines is 1. The molecule has 2 unspecified atom stereocenters. The zero-order chi connectivity index (χ0) is 28.8. The summed E-state index contributed by atoms with van der Waals surface area (Å²) < 4.78 is 7.20. The van der Waals surface area contributed by atoms with E-state index in [2.05, 4.69) is 15.7 Å². The monoisotopic (exact) mass is 560 g/mol. The number of aliphatic carboxylic acids is 1. The number of amides is 2. The van der Waals surface area contributed by atoms with E-state index in [1.54, 1.807) is 67.2 Å². The molecule has 40 heavy (non-hydrogen) atoms. The number of hydrogen-bond acceptors (Lipinski definition) is 5. The average Bonchev–Trinajstić information content (AvgIpc) is 3.22. The van der Waals surface area contributed by atoms with Gasteiger partial charge in [0.25, 0.3) is 5.91 Å². The summed E-state index contributed by atoms with van der Waals surface area (Å²) in [6.07, 6.45) is -0.962. The maximum absolute atomic E-state index is 12.9. The SMILES string of the molecule is Cc1c(NC(=O)OC(C)c2ccccc2)c(-c2ccc(C(=O)NC(Cc3ccc(Cl)cc3)C(=O)O)cc2)nn1C. The number of carbonyl (C=O) groups is 3. The van der Waals surface area contributed by atoms with Gasteiger partial charge in [-0.3, -0.25) is 14.8 Å². The molecule has 2 amide bonds. The number of carboxylic acid groups (broad SMARTS) is 1. The molecule has 1 aromatic heterocycles. The standard InChI is InChI=1S/C30H29ClN4O5/c1-18-26(33-30(39)40-19(2)21-7-5-4-6-8-21)27(34-35(18)3)22-11-13-23(14-12-22)28(36)32-25(29(37)38)17-20-9-15-24(31)16-10-20/h4-16,19,25H,17H2,1-3H3,(H,32,36)(H,33,39)(H,37,38). The first-order valence-corrected chi connectivity index (χ1v) is 12.9. The molecular formula is C30H29ClN4O5. The maximum Gasteiger partial charge on any atom is 0.412 e. The second-order valence-corrected chi connectivity index (χ2v) is 9.72. The van der Waals surface area contributed by atoms with Gasteiger partial charge in [-0.15, -0.1) is 0 Å². The van der Waals surface area contributed by atoms with Crippen LogP contribution in [-0.2, 0) is 23.0 Å². The molecule has 10 heteroatoms. The van der Waals surface area contributed by atoms with Crippen molar-refractivity contribution < 1.29 is 24.2 Å². The molecule has 1 heterocycles. The first kappa shape index (κ1) is 28.4. The minimum Gasteiger partial charge on any atom is -0.480 e. The number of rotatable bonds is 9. The lowest BCUT2D eigenvalue weighted by molar-refractivity contribution is -0.139. The fourth-order valence-electron chi connectivity index (χ4n) is 4.12. The number of nitrogens with zero attached hydrogens (tertiary/aromatic N) is 2. The Morgan fingerprint density at radius 2 is 1.65 bits per heavy atom. The minimum atomic E-state index is -1.15. The highest BCUT2D eigenvalue weighted by atomic mass is 35.5. The highest BCUT2D eigenvalue weighted by molar-refractivity contribution is 6.30. The Labute approximate surface area is 236 Å². The Kier molecular flexibility index (Phi) is 8.86. The third-order valence-electron chi connectivity index (χ3n) is 6.49. The lowest BCUT2D eigenvalue weighted by atomic mass is 10.0. The van der Waals surface area contributed by atoms with E-state index in [4.69, 9.17) is 16.3 Å². The zero-order valence-corrected chi connectivity index (χ0v) is 23.0. The molecule has 0 bridgehead atoms. The highest BCUT2D eigenvalue weighted by Crippen LogP contribution is 2.30. The predicted octanol–water partition coefficient (Wildman–Crippen LogP) is 5.78. The van der Waals surface area contributed by atoms with Crippen molar-refractivity contribution in [2.45, 2.75) is 32.4 Å². The van der Waals surface area contributed by atoms with E-state index >= 15 is 0 Å². The lowest BCUT2D eigenvalue weighted by Crippen LogP contribution is -2.42. The molecule has 0 spiro atoms. The van der Waals surface area contributed by atoms with Crippen molar-refractivity contribution in [3.8, 4) is 11.3 Å². The molecule has 206 valence electrons. The second-order valence-electron chi connectivity index (χ2n) is 9.29. The molecule has 0 saturated heterocycles. The van der Waals surface area contributed by atoms with E-state index in [1.807, 2.05) is 37.3 Å². The largest absolute Gasteiger partial charge is 0.480 e. The van der Waals surface area contributed by atoms with Gasteiger partial charge in [-0.1, -0.05) is 66.2 Å². The average molecular weight is 561 g/mol. The van der Waals surface area contributed by atoms with Crippen LogP contribution in [0.2, 0.25) is 5.02 Å². The van der Waals surface area contributed by atoms with Gasteiger partial charge in [-0.2, -0.15) is 5.10 Å². The van der Waals surface area contributed by atoms with Gasteiger partial charge in [-0.05, 0) is 49.2 Å². The molecule has 9 nitrogen and oxygen atoms in total. The van der Waals surface area contributed by atoms with Crippen LogP contribution in [0.4, 0.5) is 10.5 Å². The van der Waals surface area contributed by atoms with Crippen LogP contribution in [-0.4, -0.2) is 38.9 Å². The topological polar surface area (TPSA) is 123 Å². The molecular weight excluding hydrogens is 532 g/mol. The van der Waals surface area contributed by atoms with Gasteiger partial charge < -0.3 is 15.2 Å². The van der Waals surface area contributed by atoms with E-state index < -0.39 is 30.1 Å². The summed E-state index contributed by atoms with van der Waals surface area (Å²) in [7, 11) is 1.76. The van der Waals surface area contributed by atoms with Crippen molar-refractivity contribution in [1.29, 1.82) is 0 Å². The number of ether oxygens (including phenoxy) is 1. The maximum atomic E-state index is 12.9. The van der Waals surface area contributed by atoms with Crippen LogP contribution in [0.3, 0.4) is 0 Å². The molecule has 0 saturated carbocycles. The minimum absolute atomic E-state index is 0.109. The first-order chi connectivity index (χ1) is 19.1. The van der Waals surface area contributed by atoms with Crippen LogP contribution in [0.1, 0.15) is 40.2 Å². The highest BCUT2D eigenvalue weighted by Gasteiger charge is 2.23. The predicted molar refractivity (Wildman–Crippen MR) is 152 cm³/mol. The normalized spacial score (nSPS) is 12.3. The molecule has 0 aliphatic rings. The van der Waals surface area contributed by atoms with Gasteiger partial charge in [0, 0.05) is 29.6 Å². The summed E-state index contributed by atoms with van der Waals surface area (Å²) in [4.78, 5) is 37.4. The van der Waals surface area contributed by atoms with Crippen LogP contribution in [0.15, 0.2) is 78.9 Å². The number of nitrogens with one attached hydrogen (secondary N) is 2. The van der Waals surface area contributed by atoms with Gasteiger partial charge >= 0.3 is 12.1 Å². The Morgan fingerprint density at radius 3 is 2.27 bits per heavy atom. The number of carboxylic acids is 1. The van der Waals surface area contributed by atoms with Crippen molar-refractivity contribution in [2.24, 2.45) is 7.05 Å². The molecule has 4 rings (SSSR count). The summed E-state index contributed by atoms with van der Waals surface area (Å²) in [6, 6.07) is 21.6. The van der Waals surface area contributed by atoms with Gasteiger partial charge in [0.2, 0.25) is 0 Å². The summed E-state index contributed by atoms with van der Waals surface area (Å²) in [6.45, 7) is 3.61. The molecule has 0 radical (unpaired) electrons. The third kappa shape index (κ3) is 6.86. The molecule has 0 fully saturated rings. The smallest absolute Gasteiger partial charge is 0.412 e. The molecule has 2 atom stereocenters. The quantitative estimate of drug-likeness (QED) is 0.238. The number of aryl methyl sites for hydroxylation is 1. The van der Waals surface area contributed by atoms with E-state index in [9.17, 15) is 19.5 Å².